The number of fused-ring (bicyclic) bond motifs is 1. The number of nitrogens with one attached hydrogen (secondary N) is 2. The van der Waals surface area contributed by atoms with Crippen LogP contribution in [0.1, 0.15) is 46.4 Å². The Bertz CT molecular complexity index is 1160. The van der Waals surface area contributed by atoms with E-state index in [0.29, 0.717) is 30.0 Å². The third-order valence-electron chi connectivity index (χ3n) is 6.48. The Hall–Kier alpha value is -3.26. The van der Waals surface area contributed by atoms with E-state index in [0.717, 1.165) is 40.8 Å². The summed E-state index contributed by atoms with van der Waals surface area (Å²) in [6, 6.07) is 4.06. The number of aliphatic hydroxyl groups is 1. The molecule has 2 aliphatic rings. The van der Waals surface area contributed by atoms with Gasteiger partial charge in [-0.15, -0.1) is 11.3 Å². The Balaban J connectivity index is 1.33. The molecule has 4 rings (SSSR count). The van der Waals surface area contributed by atoms with E-state index in [9.17, 15) is 20.0 Å². The topological polar surface area (TPSA) is 128 Å². The molecule has 2 atom stereocenters. The molecule has 3 N–H and O–H groups in total. The highest BCUT2D eigenvalue weighted by atomic mass is 32.1. The SMILES string of the molecule is Cc1ccncc1C=CC(=O)Nc1sc2c(c1C#N)CCC(COC(=O)NN1CCC[C@H]1CO)C2. The van der Waals surface area contributed by atoms with Crippen LogP contribution in [0, 0.1) is 24.2 Å². The number of ether oxygens (including phenoxy) is 1. The Kier molecular flexibility index (Phi) is 8.13. The lowest BCUT2D eigenvalue weighted by Crippen LogP contribution is -2.47. The monoisotopic (exact) mass is 495 g/mol. The number of hydrazine groups is 1. The van der Waals surface area contributed by atoms with E-state index in [1.54, 1.807) is 23.5 Å². The first-order chi connectivity index (χ1) is 17.0. The quantitative estimate of drug-likeness (QED) is 0.504. The fourth-order valence-corrected chi connectivity index (χ4v) is 5.80. The van der Waals surface area contributed by atoms with Gasteiger partial charge < -0.3 is 15.2 Å². The van der Waals surface area contributed by atoms with E-state index in [4.69, 9.17) is 4.74 Å². The first-order valence-corrected chi connectivity index (χ1v) is 12.5. The Labute approximate surface area is 208 Å². The molecule has 1 unspecified atom stereocenters. The summed E-state index contributed by atoms with van der Waals surface area (Å²) in [7, 11) is 0. The molecule has 1 aliphatic heterocycles. The molecule has 1 fully saturated rings. The van der Waals surface area contributed by atoms with Crippen molar-refractivity contribution < 1.29 is 19.4 Å². The van der Waals surface area contributed by atoms with Gasteiger partial charge in [0.1, 0.15) is 11.1 Å². The van der Waals surface area contributed by atoms with Crippen LogP contribution in [0.5, 0.6) is 0 Å². The lowest BCUT2D eigenvalue weighted by atomic mass is 9.88. The molecule has 9 nitrogen and oxygen atoms in total. The maximum Gasteiger partial charge on any atom is 0.421 e. The number of aryl methyl sites for hydroxylation is 1. The van der Waals surface area contributed by atoms with Gasteiger partial charge in [0.15, 0.2) is 0 Å². The minimum absolute atomic E-state index is 0.00303. The van der Waals surface area contributed by atoms with E-state index in [1.807, 2.05) is 13.0 Å². The lowest BCUT2D eigenvalue weighted by Gasteiger charge is -2.25. The molecule has 2 aromatic heterocycles. The maximum atomic E-state index is 12.5. The molecule has 184 valence electrons. The smallest absolute Gasteiger partial charge is 0.421 e. The van der Waals surface area contributed by atoms with Crippen molar-refractivity contribution >= 4 is 34.4 Å². The molecule has 0 aromatic carbocycles. The van der Waals surface area contributed by atoms with Crippen molar-refractivity contribution in [3.05, 3.63) is 51.7 Å². The number of hydrogen-bond donors (Lipinski definition) is 3. The number of nitriles is 1. The van der Waals surface area contributed by atoms with Crippen LogP contribution in [0.2, 0.25) is 0 Å². The second-order valence-corrected chi connectivity index (χ2v) is 9.97. The highest BCUT2D eigenvalue weighted by Crippen LogP contribution is 2.39. The number of carbonyl (C=O) groups excluding carboxylic acids is 2. The molecule has 2 amide bonds. The number of thiophene rings is 1. The van der Waals surface area contributed by atoms with Crippen molar-refractivity contribution in [2.24, 2.45) is 5.92 Å². The molecule has 35 heavy (non-hydrogen) atoms. The van der Waals surface area contributed by atoms with Crippen molar-refractivity contribution in [3.63, 3.8) is 0 Å². The fraction of sp³-hybridized carbons (Fsp3) is 0.440. The largest absolute Gasteiger partial charge is 0.448 e. The van der Waals surface area contributed by atoms with Gasteiger partial charge in [0.05, 0.1) is 24.8 Å². The number of aromatic nitrogens is 1. The van der Waals surface area contributed by atoms with Gasteiger partial charge in [0, 0.05) is 29.9 Å². The standard InChI is InChI=1S/C25H29N5O4S/c1-16-8-9-27-13-18(16)5-7-23(32)28-24-21(12-26)20-6-4-17(11-22(20)35-24)15-34-25(33)29-30-10-2-3-19(30)14-31/h5,7-9,13,17,19,31H,2-4,6,10-11,14-15H2,1H3,(H,28,32)(H,29,33)/t17?,19-/m0/s1. The van der Waals surface area contributed by atoms with Gasteiger partial charge in [-0.3, -0.25) is 15.2 Å². The van der Waals surface area contributed by atoms with E-state index < -0.39 is 6.09 Å². The minimum atomic E-state index is -0.511. The molecule has 1 aliphatic carbocycles. The lowest BCUT2D eigenvalue weighted by molar-refractivity contribution is -0.111. The Morgan fingerprint density at radius 3 is 3.06 bits per heavy atom. The predicted molar refractivity (Wildman–Crippen MR) is 132 cm³/mol. The summed E-state index contributed by atoms with van der Waals surface area (Å²) >= 11 is 1.41. The number of aliphatic hydroxyl groups excluding tert-OH is 1. The number of anilines is 1. The molecular formula is C25H29N5O4S. The zero-order valence-corrected chi connectivity index (χ0v) is 20.4. The average Bonchev–Trinajstić information content (AvgIpc) is 3.44. The van der Waals surface area contributed by atoms with Gasteiger partial charge in [-0.05, 0) is 73.8 Å². The summed E-state index contributed by atoms with van der Waals surface area (Å²) in [5.41, 5.74) is 6.09. The number of amides is 2. The van der Waals surface area contributed by atoms with E-state index in [1.165, 1.54) is 17.4 Å². The second-order valence-electron chi connectivity index (χ2n) is 8.87. The third-order valence-corrected chi connectivity index (χ3v) is 7.65. The molecule has 10 heteroatoms. The van der Waals surface area contributed by atoms with Gasteiger partial charge in [0.25, 0.3) is 0 Å². The molecule has 0 radical (unpaired) electrons. The van der Waals surface area contributed by atoms with Gasteiger partial charge in [-0.2, -0.15) is 5.26 Å². The summed E-state index contributed by atoms with van der Waals surface area (Å²) in [5, 5.41) is 24.2. The number of hydrogen-bond acceptors (Lipinski definition) is 8. The number of carbonyl (C=O) groups is 2. The normalized spacial score (nSPS) is 19.8. The minimum Gasteiger partial charge on any atom is -0.448 e. The average molecular weight is 496 g/mol. The number of pyridine rings is 1. The van der Waals surface area contributed by atoms with Gasteiger partial charge >= 0.3 is 6.09 Å². The summed E-state index contributed by atoms with van der Waals surface area (Å²) < 4.78 is 5.45. The number of rotatable bonds is 7. The molecule has 2 aromatic rings. The van der Waals surface area contributed by atoms with Crippen molar-refractivity contribution in [3.8, 4) is 6.07 Å². The third kappa shape index (κ3) is 6.06. The first-order valence-electron chi connectivity index (χ1n) is 11.7. The van der Waals surface area contributed by atoms with Gasteiger partial charge in [-0.1, -0.05) is 0 Å². The van der Waals surface area contributed by atoms with Crippen LogP contribution in [0.3, 0.4) is 0 Å². The molecular weight excluding hydrogens is 466 g/mol. The van der Waals surface area contributed by atoms with Gasteiger partial charge in [0.2, 0.25) is 5.91 Å². The van der Waals surface area contributed by atoms with Crippen molar-refractivity contribution in [2.45, 2.75) is 45.1 Å². The first kappa shape index (κ1) is 24.9. The van der Waals surface area contributed by atoms with Crippen LogP contribution < -0.4 is 10.7 Å². The molecule has 1 saturated heterocycles. The second kappa shape index (κ2) is 11.4. The predicted octanol–water partition coefficient (Wildman–Crippen LogP) is 3.18. The van der Waals surface area contributed by atoms with Crippen LogP contribution >= 0.6 is 11.3 Å². The fourth-order valence-electron chi connectivity index (χ4n) is 4.49. The van der Waals surface area contributed by atoms with E-state index in [2.05, 4.69) is 21.8 Å². The van der Waals surface area contributed by atoms with Crippen LogP contribution in [0.4, 0.5) is 9.80 Å². The number of nitrogens with zero attached hydrogens (tertiary/aromatic N) is 3. The maximum absolute atomic E-state index is 12.5. The van der Waals surface area contributed by atoms with Gasteiger partial charge in [-0.25, -0.2) is 9.80 Å². The zero-order valence-electron chi connectivity index (χ0n) is 19.6. The molecule has 0 saturated carbocycles. The molecule has 3 heterocycles. The molecule has 0 spiro atoms. The summed E-state index contributed by atoms with van der Waals surface area (Å²) in [5.74, 6) is -0.161. The van der Waals surface area contributed by atoms with E-state index in [-0.39, 0.29) is 31.1 Å². The summed E-state index contributed by atoms with van der Waals surface area (Å²) in [6.45, 7) is 2.92. The molecule has 0 bridgehead atoms. The zero-order chi connectivity index (χ0) is 24.8. The van der Waals surface area contributed by atoms with Crippen LogP contribution in [0.15, 0.2) is 24.5 Å². The highest BCUT2D eigenvalue weighted by Gasteiger charge is 2.28. The van der Waals surface area contributed by atoms with Crippen molar-refractivity contribution in [2.75, 3.05) is 25.1 Å². The highest BCUT2D eigenvalue weighted by molar-refractivity contribution is 7.16. The van der Waals surface area contributed by atoms with Crippen molar-refractivity contribution in [1.82, 2.24) is 15.4 Å². The van der Waals surface area contributed by atoms with Crippen LogP contribution in [0.25, 0.3) is 6.08 Å². The summed E-state index contributed by atoms with van der Waals surface area (Å²) in [4.78, 5) is 29.8. The van der Waals surface area contributed by atoms with Crippen LogP contribution in [-0.4, -0.2) is 52.9 Å². The van der Waals surface area contributed by atoms with E-state index >= 15 is 0 Å². The van der Waals surface area contributed by atoms with Crippen LogP contribution in [-0.2, 0) is 22.4 Å². The van der Waals surface area contributed by atoms with Crippen molar-refractivity contribution in [1.29, 1.82) is 5.26 Å². The Morgan fingerprint density at radius 1 is 1.43 bits per heavy atom. The summed E-state index contributed by atoms with van der Waals surface area (Å²) in [6.07, 6.45) is 9.99. The Morgan fingerprint density at radius 2 is 2.29 bits per heavy atom.